The highest BCUT2D eigenvalue weighted by Gasteiger charge is 2.38. The van der Waals surface area contributed by atoms with Crippen LogP contribution in [0, 0.1) is 45.3 Å². The first-order valence-corrected chi connectivity index (χ1v) is 51.4. The molecule has 0 unspecified atom stereocenters. The second-order valence-corrected chi connectivity index (χ2v) is 41.7. The van der Waals surface area contributed by atoms with E-state index < -0.39 is 0 Å². The second kappa shape index (κ2) is 31.5. The van der Waals surface area contributed by atoms with Gasteiger partial charge < -0.3 is 18.3 Å². The molecule has 144 heavy (non-hydrogen) atoms. The minimum atomic E-state index is 0.354. The Bertz CT molecular complexity index is 10900. The Hall–Kier alpha value is -18.6. The van der Waals surface area contributed by atoms with Crippen LogP contribution >= 0.6 is 45.3 Å². The molecule has 0 bridgehead atoms. The molecule has 0 aliphatic carbocycles. The molecule has 0 atom stereocenters. The molecular formula is C132H70N8S4. The molecule has 8 nitrogen and oxygen atoms in total. The molecular weight excluding hydrogens is 1830 g/mol. The molecule has 0 saturated carbocycles. The van der Waals surface area contributed by atoms with Crippen molar-refractivity contribution in [3.05, 3.63) is 447 Å². The van der Waals surface area contributed by atoms with Gasteiger partial charge in [-0.3, -0.25) is 0 Å². The van der Waals surface area contributed by atoms with E-state index in [-0.39, 0.29) is 0 Å². The average Bonchev–Trinajstić information content (AvgIpc) is 1.52. The number of thiophene rings is 4. The third kappa shape index (κ3) is 11.6. The number of benzene rings is 22. The quantitative estimate of drug-likeness (QED) is 0.128. The van der Waals surface area contributed by atoms with Gasteiger partial charge in [0.1, 0.15) is 24.3 Å². The lowest BCUT2D eigenvalue weighted by molar-refractivity contribution is 1.13. The molecule has 8 heterocycles. The van der Waals surface area contributed by atoms with Crippen LogP contribution in [0.15, 0.2) is 425 Å². The van der Waals surface area contributed by atoms with Gasteiger partial charge in [-0.25, -0.2) is 0 Å². The highest BCUT2D eigenvalue weighted by atomic mass is 32.1. The minimum Gasteiger partial charge on any atom is -0.306 e. The number of nitriles is 4. The lowest BCUT2D eigenvalue weighted by Gasteiger charge is -2.26. The molecule has 30 rings (SSSR count). The van der Waals surface area contributed by atoms with E-state index in [0.29, 0.717) is 61.7 Å². The van der Waals surface area contributed by atoms with Crippen molar-refractivity contribution in [2.75, 3.05) is 0 Å². The number of hydrogen-bond donors (Lipinski definition) is 0. The molecule has 0 fully saturated rings. The standard InChI is InChI=1S/C132H70N8S4/c133-71-101-116(102(72-134)129(138-106-48-16-9-39-90(106)94-59-63-113-121(125(94)138)98-43-13-20-52-110(98)142-113)118(85-37-23-32-80(67-85)75-26-2-1-3-27-75)128(101)137-105-47-15-8-38-89(105)93-58-62-112-120(124(93)137)97-42-12-19-51-109(97)141-112)84-36-24-34-82(70-84)81-33-22-35-83(66-81)88-45-25-46-100-123-115(144-132(88)100)65-61-96-92-41-11-18-50-108(92)140(127(96)123)131-104(74-136)117(86-56-54-76-28-4-6-30-78(76)68-86)103(73-135)130(119(131)87-57-55-77-29-5-7-31-79(77)69-87)139-107-49-17-10-40-91(107)95-60-64-114-122(126(95)139)99-44-14-21-53-111(99)143-114/h1-70H. The van der Waals surface area contributed by atoms with Crippen LogP contribution in [0.5, 0.6) is 0 Å². The molecule has 662 valence electrons. The SMILES string of the molecule is N#Cc1c(-c2cccc(-c3cccc(-c4cccc5c4sc4ccc6c7ccccc7n(-c7c(C#N)c(-c8ccc9ccccc9c8)c(C#N)c(-n8c9ccccc9c9ccc%10sc%11ccccc%11c%10c98)c7-c7ccc8ccccc8c7)c6c45)c3)c2)c(C#N)c(-n2c3ccccc3c3ccc4sc5ccccc5c4c32)c(-c2cccc(-c3ccccc3)c2)c1-n1c2ccccc2c2ccc3sc4ccccc4c3c21. The smallest absolute Gasteiger partial charge is 0.102 e. The maximum Gasteiger partial charge on any atom is 0.102 e. The third-order valence-corrected chi connectivity index (χ3v) is 34.7. The van der Waals surface area contributed by atoms with E-state index in [0.717, 1.165) is 251 Å². The van der Waals surface area contributed by atoms with Gasteiger partial charge in [0, 0.05) is 146 Å². The van der Waals surface area contributed by atoms with E-state index in [1.54, 1.807) is 45.3 Å². The molecule has 22 aromatic carbocycles. The zero-order valence-corrected chi connectivity index (χ0v) is 79.9. The number of hydrogen-bond acceptors (Lipinski definition) is 8. The summed E-state index contributed by atoms with van der Waals surface area (Å²) < 4.78 is 18.6. The van der Waals surface area contributed by atoms with Crippen molar-refractivity contribution >= 4 is 235 Å². The van der Waals surface area contributed by atoms with Gasteiger partial charge >= 0.3 is 0 Å². The fourth-order valence-corrected chi connectivity index (χ4v) is 28.7. The molecule has 0 aliphatic heterocycles. The van der Waals surface area contributed by atoms with Gasteiger partial charge in [0.2, 0.25) is 0 Å². The molecule has 0 aliphatic rings. The highest BCUT2D eigenvalue weighted by molar-refractivity contribution is 7.27. The average molecular weight is 1900 g/mol. The fraction of sp³-hybridized carbons (Fsp3) is 0. The summed E-state index contributed by atoms with van der Waals surface area (Å²) in [5, 5.41) is 73.4. The summed E-state index contributed by atoms with van der Waals surface area (Å²) in [6.45, 7) is 0. The van der Waals surface area contributed by atoms with E-state index >= 15 is 0 Å². The van der Waals surface area contributed by atoms with Crippen molar-refractivity contribution in [1.29, 1.82) is 21.0 Å². The first-order chi connectivity index (χ1) is 71.3. The summed E-state index contributed by atoms with van der Waals surface area (Å²) in [7, 11) is 0. The Morgan fingerprint density at radius 2 is 0.451 bits per heavy atom. The van der Waals surface area contributed by atoms with Crippen molar-refractivity contribution in [2.24, 2.45) is 0 Å². The van der Waals surface area contributed by atoms with Gasteiger partial charge in [0.25, 0.3) is 0 Å². The summed E-state index contributed by atoms with van der Waals surface area (Å²) in [6, 6.07) is 164. The largest absolute Gasteiger partial charge is 0.306 e. The summed E-state index contributed by atoms with van der Waals surface area (Å²) >= 11 is 7.09. The molecule has 12 heteroatoms. The lowest BCUT2D eigenvalue weighted by atomic mass is 9.85. The van der Waals surface area contributed by atoms with Gasteiger partial charge in [-0.15, -0.1) is 45.3 Å². The lowest BCUT2D eigenvalue weighted by Crippen LogP contribution is -2.11. The van der Waals surface area contributed by atoms with E-state index in [1.807, 2.05) is 6.07 Å². The number of rotatable bonds is 11. The number of nitrogens with zero attached hydrogens (tertiary/aromatic N) is 8. The summed E-state index contributed by atoms with van der Waals surface area (Å²) in [5.41, 5.74) is 23.2. The van der Waals surface area contributed by atoms with Crippen LogP contribution in [0.1, 0.15) is 22.3 Å². The van der Waals surface area contributed by atoms with Crippen molar-refractivity contribution in [3.63, 3.8) is 0 Å². The van der Waals surface area contributed by atoms with Gasteiger partial charge in [-0.2, -0.15) is 21.0 Å². The normalized spacial score (nSPS) is 12.0. The molecule has 0 spiro atoms. The first kappa shape index (κ1) is 81.4. The Morgan fingerprint density at radius 1 is 0.174 bits per heavy atom. The van der Waals surface area contributed by atoms with Crippen LogP contribution in [0.3, 0.4) is 0 Å². The summed E-state index contributed by atoms with van der Waals surface area (Å²) in [5.74, 6) is 0. The predicted octanol–water partition coefficient (Wildman–Crippen LogP) is 37.0. The van der Waals surface area contributed by atoms with Gasteiger partial charge in [0.15, 0.2) is 0 Å². The van der Waals surface area contributed by atoms with E-state index in [2.05, 4.69) is 461 Å². The summed E-state index contributed by atoms with van der Waals surface area (Å²) in [6.07, 6.45) is 0. The van der Waals surface area contributed by atoms with Crippen LogP contribution in [-0.2, 0) is 0 Å². The van der Waals surface area contributed by atoms with Crippen molar-refractivity contribution in [3.8, 4) is 125 Å². The van der Waals surface area contributed by atoms with E-state index in [4.69, 9.17) is 0 Å². The number of aromatic nitrogens is 4. The maximum absolute atomic E-state index is 13.2. The Balaban J connectivity index is 0.679. The van der Waals surface area contributed by atoms with Crippen LogP contribution < -0.4 is 0 Å². The monoisotopic (exact) mass is 1890 g/mol. The number of para-hydroxylation sites is 4. The Kier molecular flexibility index (Phi) is 17.8. The molecule has 0 amide bonds. The zero-order valence-electron chi connectivity index (χ0n) is 76.6. The predicted molar refractivity (Wildman–Crippen MR) is 607 cm³/mol. The zero-order chi connectivity index (χ0) is 95.0. The van der Waals surface area contributed by atoms with Gasteiger partial charge in [0.05, 0.1) is 89.1 Å². The molecule has 8 aromatic heterocycles. The van der Waals surface area contributed by atoms with Crippen LogP contribution in [0.25, 0.3) is 290 Å². The van der Waals surface area contributed by atoms with Crippen LogP contribution in [0.2, 0.25) is 0 Å². The second-order valence-electron chi connectivity index (χ2n) is 37.4. The molecule has 0 radical (unpaired) electrons. The maximum atomic E-state index is 13.2. The van der Waals surface area contributed by atoms with Crippen molar-refractivity contribution in [1.82, 2.24) is 18.3 Å². The third-order valence-electron chi connectivity index (χ3n) is 30.0. The van der Waals surface area contributed by atoms with E-state index in [1.165, 1.54) is 0 Å². The Labute approximate surface area is 839 Å². The van der Waals surface area contributed by atoms with E-state index in [9.17, 15) is 21.0 Å². The number of fused-ring (bicyclic) bond motifs is 30. The fourth-order valence-electron chi connectivity index (χ4n) is 24.1. The topological polar surface area (TPSA) is 115 Å². The molecule has 30 aromatic rings. The molecule has 0 N–H and O–H groups in total. The highest BCUT2D eigenvalue weighted by Crippen LogP contribution is 2.58. The summed E-state index contributed by atoms with van der Waals surface area (Å²) in [4.78, 5) is 0. The Morgan fingerprint density at radius 3 is 0.847 bits per heavy atom. The minimum absolute atomic E-state index is 0.354. The van der Waals surface area contributed by atoms with Gasteiger partial charge in [-0.05, 0) is 174 Å². The van der Waals surface area contributed by atoms with Gasteiger partial charge in [-0.1, -0.05) is 328 Å². The molecule has 0 saturated heterocycles. The van der Waals surface area contributed by atoms with Crippen molar-refractivity contribution in [2.45, 2.75) is 0 Å². The van der Waals surface area contributed by atoms with Crippen molar-refractivity contribution < 1.29 is 0 Å². The first-order valence-electron chi connectivity index (χ1n) is 48.1. The van der Waals surface area contributed by atoms with Crippen LogP contribution in [0.4, 0.5) is 0 Å². The van der Waals surface area contributed by atoms with Crippen LogP contribution in [-0.4, -0.2) is 18.3 Å².